The molecule has 0 aromatic carbocycles. The smallest absolute Gasteiger partial charge is 0.238 e. The average Bonchev–Trinajstić information content (AvgIpc) is 2.01. The zero-order valence-electron chi connectivity index (χ0n) is 7.71. The number of halogens is 1. The Kier molecular flexibility index (Phi) is 5.32. The van der Waals surface area contributed by atoms with Crippen LogP contribution in [0.5, 0.6) is 0 Å². The summed E-state index contributed by atoms with van der Waals surface area (Å²) in [6.45, 7) is 1.79. The Labute approximate surface area is 83.6 Å². The second-order valence-electron chi connectivity index (χ2n) is 2.81. The highest BCUT2D eigenvalue weighted by atomic mass is 35.5. The van der Waals surface area contributed by atoms with Crippen molar-refractivity contribution in [2.75, 3.05) is 18.7 Å². The van der Waals surface area contributed by atoms with Crippen LogP contribution in [0.3, 0.4) is 0 Å². The van der Waals surface area contributed by atoms with E-state index in [0.29, 0.717) is 18.8 Å². The molecule has 0 fully saturated rings. The second kappa shape index (κ2) is 5.44. The van der Waals surface area contributed by atoms with Crippen LogP contribution in [0, 0.1) is 0 Å². The maximum Gasteiger partial charge on any atom is 0.238 e. The highest BCUT2D eigenvalue weighted by Crippen LogP contribution is 1.97. The highest BCUT2D eigenvalue weighted by Gasteiger charge is 2.22. The first-order valence-corrected chi connectivity index (χ1v) is 6.41. The summed E-state index contributed by atoms with van der Waals surface area (Å²) >= 11 is 5.38. The minimum atomic E-state index is -3.28. The van der Waals surface area contributed by atoms with E-state index >= 15 is 0 Å². The molecule has 0 aliphatic heterocycles. The van der Waals surface area contributed by atoms with Crippen LogP contribution >= 0.6 is 11.6 Å². The van der Waals surface area contributed by atoms with Gasteiger partial charge in [-0.15, -0.1) is 11.6 Å². The molecule has 4 nitrogen and oxygen atoms in total. The Hall–Kier alpha value is -0.290. The predicted molar refractivity (Wildman–Crippen MR) is 52.7 cm³/mol. The number of carbonyl (C=O) groups excluding carboxylic acids is 1. The van der Waals surface area contributed by atoms with Gasteiger partial charge in [0, 0.05) is 18.7 Å². The van der Waals surface area contributed by atoms with Gasteiger partial charge in [0.2, 0.25) is 5.91 Å². The summed E-state index contributed by atoms with van der Waals surface area (Å²) in [5.41, 5.74) is 0. The third-order valence-electron chi connectivity index (χ3n) is 1.62. The van der Waals surface area contributed by atoms with Crippen LogP contribution in [0.25, 0.3) is 0 Å². The molecule has 13 heavy (non-hydrogen) atoms. The summed E-state index contributed by atoms with van der Waals surface area (Å²) < 4.78 is 21.8. The number of nitrogens with one attached hydrogen (secondary N) is 1. The van der Waals surface area contributed by atoms with E-state index < -0.39 is 21.0 Å². The van der Waals surface area contributed by atoms with Crippen molar-refractivity contribution >= 4 is 27.3 Å². The van der Waals surface area contributed by atoms with Gasteiger partial charge in [0.25, 0.3) is 0 Å². The van der Waals surface area contributed by atoms with E-state index in [2.05, 4.69) is 5.32 Å². The van der Waals surface area contributed by atoms with E-state index in [1.165, 1.54) is 6.92 Å². The summed E-state index contributed by atoms with van der Waals surface area (Å²) in [4.78, 5) is 11.1. The van der Waals surface area contributed by atoms with Crippen LogP contribution in [-0.2, 0) is 14.6 Å². The van der Waals surface area contributed by atoms with E-state index in [9.17, 15) is 13.2 Å². The fourth-order valence-corrected chi connectivity index (χ4v) is 1.22. The summed E-state index contributed by atoms with van der Waals surface area (Å²) in [5.74, 6) is -0.0132. The van der Waals surface area contributed by atoms with Crippen LogP contribution in [0.4, 0.5) is 0 Å². The van der Waals surface area contributed by atoms with E-state index in [1.807, 2.05) is 0 Å². The van der Waals surface area contributed by atoms with Crippen molar-refractivity contribution in [2.24, 2.45) is 0 Å². The number of hydrogen-bond acceptors (Lipinski definition) is 3. The van der Waals surface area contributed by atoms with Crippen molar-refractivity contribution < 1.29 is 13.2 Å². The lowest BCUT2D eigenvalue weighted by molar-refractivity contribution is -0.120. The normalized spacial score (nSPS) is 13.8. The molecule has 6 heteroatoms. The molecule has 0 aliphatic rings. The van der Waals surface area contributed by atoms with Gasteiger partial charge in [0.15, 0.2) is 9.84 Å². The maximum atomic E-state index is 11.1. The first kappa shape index (κ1) is 12.7. The van der Waals surface area contributed by atoms with Crippen LogP contribution < -0.4 is 5.32 Å². The molecule has 1 unspecified atom stereocenters. The number of alkyl halides is 1. The summed E-state index contributed by atoms with van der Waals surface area (Å²) in [6, 6.07) is 0. The molecule has 0 bridgehead atoms. The molecule has 0 heterocycles. The van der Waals surface area contributed by atoms with Crippen molar-refractivity contribution in [2.45, 2.75) is 18.6 Å². The molecular weight excluding hydrogens is 214 g/mol. The molecule has 0 aromatic heterocycles. The number of sulfone groups is 1. The van der Waals surface area contributed by atoms with Gasteiger partial charge in [0.05, 0.1) is 0 Å². The van der Waals surface area contributed by atoms with Crippen molar-refractivity contribution in [3.05, 3.63) is 0 Å². The standard InChI is InChI=1S/C7H14ClNO3S/c1-6(13(2,11)12)7(10)9-5-3-4-8/h6H,3-5H2,1-2H3,(H,9,10). The molecule has 0 rings (SSSR count). The van der Waals surface area contributed by atoms with Crippen LogP contribution in [0.15, 0.2) is 0 Å². The SMILES string of the molecule is CC(C(=O)NCCCCl)S(C)(=O)=O. The molecule has 0 radical (unpaired) electrons. The van der Waals surface area contributed by atoms with Gasteiger partial charge < -0.3 is 5.32 Å². The Morgan fingerprint density at radius 2 is 2.08 bits per heavy atom. The number of amides is 1. The summed E-state index contributed by atoms with van der Waals surface area (Å²) in [5, 5.41) is 1.50. The van der Waals surface area contributed by atoms with Gasteiger partial charge in [-0.3, -0.25) is 4.79 Å². The van der Waals surface area contributed by atoms with Gasteiger partial charge in [0.1, 0.15) is 5.25 Å². The van der Waals surface area contributed by atoms with Crippen LogP contribution in [-0.4, -0.2) is 38.3 Å². The molecule has 1 atom stereocenters. The zero-order chi connectivity index (χ0) is 10.5. The highest BCUT2D eigenvalue weighted by molar-refractivity contribution is 7.92. The van der Waals surface area contributed by atoms with E-state index in [1.54, 1.807) is 0 Å². The molecule has 0 aliphatic carbocycles. The van der Waals surface area contributed by atoms with Crippen LogP contribution in [0.2, 0.25) is 0 Å². The molecule has 1 N–H and O–H groups in total. The average molecular weight is 228 g/mol. The monoisotopic (exact) mass is 227 g/mol. The first-order chi connectivity index (χ1) is 5.89. The minimum absolute atomic E-state index is 0.419. The summed E-state index contributed by atoms with van der Waals surface area (Å²) in [7, 11) is -3.28. The lowest BCUT2D eigenvalue weighted by Gasteiger charge is -2.09. The number of carbonyl (C=O) groups is 1. The van der Waals surface area contributed by atoms with E-state index in [4.69, 9.17) is 11.6 Å². The molecule has 1 amide bonds. The van der Waals surface area contributed by atoms with Gasteiger partial charge in [-0.25, -0.2) is 8.42 Å². The fourth-order valence-electron chi connectivity index (χ4n) is 0.617. The first-order valence-electron chi connectivity index (χ1n) is 3.92. The Bertz CT molecular complexity index is 263. The van der Waals surface area contributed by atoms with E-state index in [0.717, 1.165) is 6.26 Å². The van der Waals surface area contributed by atoms with E-state index in [-0.39, 0.29) is 0 Å². The molecular formula is C7H14ClNO3S. The number of hydrogen-bond donors (Lipinski definition) is 1. The molecule has 0 aromatic rings. The zero-order valence-corrected chi connectivity index (χ0v) is 9.28. The van der Waals surface area contributed by atoms with Crippen molar-refractivity contribution in [3.63, 3.8) is 0 Å². The van der Waals surface area contributed by atoms with Crippen molar-refractivity contribution in [1.29, 1.82) is 0 Å². The fraction of sp³-hybridized carbons (Fsp3) is 0.857. The molecule has 78 valence electrons. The topological polar surface area (TPSA) is 63.2 Å². The number of rotatable bonds is 5. The second-order valence-corrected chi connectivity index (χ2v) is 5.55. The Morgan fingerprint density at radius 3 is 2.46 bits per heavy atom. The summed E-state index contributed by atoms with van der Waals surface area (Å²) in [6.07, 6.45) is 1.68. The maximum absolute atomic E-state index is 11.1. The largest absolute Gasteiger partial charge is 0.355 e. The quantitative estimate of drug-likeness (QED) is 0.538. The minimum Gasteiger partial charge on any atom is -0.355 e. The third kappa shape index (κ3) is 5.10. The van der Waals surface area contributed by atoms with Gasteiger partial charge in [-0.1, -0.05) is 0 Å². The molecule has 0 saturated carbocycles. The van der Waals surface area contributed by atoms with Crippen LogP contribution in [0.1, 0.15) is 13.3 Å². The lowest BCUT2D eigenvalue weighted by atomic mass is 10.4. The van der Waals surface area contributed by atoms with Crippen molar-refractivity contribution in [3.8, 4) is 0 Å². The van der Waals surface area contributed by atoms with Gasteiger partial charge >= 0.3 is 0 Å². The third-order valence-corrected chi connectivity index (χ3v) is 3.39. The lowest BCUT2D eigenvalue weighted by Crippen LogP contribution is -2.37. The molecule has 0 saturated heterocycles. The predicted octanol–water partition coefficient (Wildman–Crippen LogP) is 0.165. The van der Waals surface area contributed by atoms with Crippen molar-refractivity contribution in [1.82, 2.24) is 5.32 Å². The molecule has 0 spiro atoms. The van der Waals surface area contributed by atoms with Gasteiger partial charge in [-0.05, 0) is 13.3 Å². The Balaban J connectivity index is 3.99. The van der Waals surface area contributed by atoms with Gasteiger partial charge in [-0.2, -0.15) is 0 Å². The Morgan fingerprint density at radius 1 is 1.54 bits per heavy atom.